The third-order valence-electron chi connectivity index (χ3n) is 3.83. The SMILES string of the molecule is O=C(O)Cc1ccc(-c2c(Cl)cc(Cl)cc2Cl)nc1-c1c(Cl)cc(Cl)cc1Cl. The van der Waals surface area contributed by atoms with Crippen LogP contribution in [0.4, 0.5) is 0 Å². The van der Waals surface area contributed by atoms with E-state index < -0.39 is 5.97 Å². The zero-order valence-corrected chi connectivity index (χ0v) is 18.3. The van der Waals surface area contributed by atoms with Gasteiger partial charge in [0, 0.05) is 21.2 Å². The van der Waals surface area contributed by atoms with E-state index in [1.807, 2.05) is 0 Å². The summed E-state index contributed by atoms with van der Waals surface area (Å²) in [4.78, 5) is 15.9. The van der Waals surface area contributed by atoms with Gasteiger partial charge in [0.2, 0.25) is 0 Å². The summed E-state index contributed by atoms with van der Waals surface area (Å²) in [6.45, 7) is 0. The first-order valence-electron chi connectivity index (χ1n) is 7.69. The van der Waals surface area contributed by atoms with Gasteiger partial charge in [0.25, 0.3) is 0 Å². The molecule has 9 heteroatoms. The first-order chi connectivity index (χ1) is 13.2. The molecular formula is C19H9Cl6NO2. The van der Waals surface area contributed by atoms with E-state index in [0.29, 0.717) is 48.2 Å². The summed E-state index contributed by atoms with van der Waals surface area (Å²) in [5, 5.41) is 11.1. The highest BCUT2D eigenvalue weighted by Crippen LogP contribution is 2.41. The summed E-state index contributed by atoms with van der Waals surface area (Å²) in [5.74, 6) is -1.03. The number of rotatable bonds is 4. The molecule has 0 fully saturated rings. The van der Waals surface area contributed by atoms with Gasteiger partial charge in [0.15, 0.2) is 0 Å². The highest BCUT2D eigenvalue weighted by molar-refractivity contribution is 6.42. The minimum Gasteiger partial charge on any atom is -0.481 e. The van der Waals surface area contributed by atoms with E-state index in [-0.39, 0.29) is 16.5 Å². The number of nitrogens with zero attached hydrogens (tertiary/aromatic N) is 1. The van der Waals surface area contributed by atoms with Crippen molar-refractivity contribution in [3.8, 4) is 22.5 Å². The first kappa shape index (κ1) is 21.5. The van der Waals surface area contributed by atoms with Crippen LogP contribution in [0.1, 0.15) is 5.56 Å². The number of carboxylic acids is 1. The summed E-state index contributed by atoms with van der Waals surface area (Å²) in [6.07, 6.45) is -0.278. The number of carboxylic acid groups (broad SMARTS) is 1. The van der Waals surface area contributed by atoms with Crippen molar-refractivity contribution in [2.75, 3.05) is 0 Å². The highest BCUT2D eigenvalue weighted by Gasteiger charge is 2.20. The van der Waals surface area contributed by atoms with Crippen LogP contribution in [0.2, 0.25) is 30.1 Å². The number of benzene rings is 2. The summed E-state index contributed by atoms with van der Waals surface area (Å²) >= 11 is 37.2. The third-order valence-corrected chi connectivity index (χ3v) is 5.46. The Morgan fingerprint density at radius 3 is 1.71 bits per heavy atom. The van der Waals surface area contributed by atoms with Crippen LogP contribution in [0.3, 0.4) is 0 Å². The Balaban J connectivity index is 2.29. The van der Waals surface area contributed by atoms with Crippen molar-refractivity contribution in [1.82, 2.24) is 4.98 Å². The van der Waals surface area contributed by atoms with Crippen LogP contribution >= 0.6 is 69.6 Å². The number of aromatic nitrogens is 1. The number of hydrogen-bond acceptors (Lipinski definition) is 2. The zero-order valence-electron chi connectivity index (χ0n) is 13.7. The highest BCUT2D eigenvalue weighted by atomic mass is 35.5. The van der Waals surface area contributed by atoms with Crippen LogP contribution in [0.15, 0.2) is 36.4 Å². The molecule has 3 nitrogen and oxygen atoms in total. The van der Waals surface area contributed by atoms with Crippen LogP contribution in [0, 0.1) is 0 Å². The van der Waals surface area contributed by atoms with E-state index in [1.54, 1.807) is 24.3 Å². The molecule has 0 unspecified atom stereocenters. The molecule has 0 radical (unpaired) electrons. The minimum absolute atomic E-state index is 0.238. The fourth-order valence-corrected chi connectivity index (χ4v) is 4.71. The Morgan fingerprint density at radius 1 is 0.786 bits per heavy atom. The monoisotopic (exact) mass is 493 g/mol. The van der Waals surface area contributed by atoms with Crippen LogP contribution in [-0.4, -0.2) is 16.1 Å². The Bertz CT molecular complexity index is 1050. The smallest absolute Gasteiger partial charge is 0.307 e. The average Bonchev–Trinajstić information content (AvgIpc) is 2.54. The lowest BCUT2D eigenvalue weighted by Crippen LogP contribution is -2.04. The van der Waals surface area contributed by atoms with Crippen molar-refractivity contribution in [2.24, 2.45) is 0 Å². The second-order valence-corrected chi connectivity index (χ2v) is 8.27. The van der Waals surface area contributed by atoms with E-state index >= 15 is 0 Å². The lowest BCUT2D eigenvalue weighted by molar-refractivity contribution is -0.136. The van der Waals surface area contributed by atoms with Crippen molar-refractivity contribution in [2.45, 2.75) is 6.42 Å². The Hall–Kier alpha value is -1.20. The fraction of sp³-hybridized carbons (Fsp3) is 0.0526. The topological polar surface area (TPSA) is 50.2 Å². The minimum atomic E-state index is -1.03. The average molecular weight is 496 g/mol. The van der Waals surface area contributed by atoms with Gasteiger partial charge < -0.3 is 5.11 Å². The largest absolute Gasteiger partial charge is 0.481 e. The molecule has 1 aromatic heterocycles. The van der Waals surface area contributed by atoms with Crippen LogP contribution in [0.25, 0.3) is 22.5 Å². The summed E-state index contributed by atoms with van der Waals surface area (Å²) < 4.78 is 0. The molecule has 0 amide bonds. The van der Waals surface area contributed by atoms with Crippen LogP contribution < -0.4 is 0 Å². The molecule has 0 saturated heterocycles. The van der Waals surface area contributed by atoms with E-state index in [2.05, 4.69) is 4.98 Å². The van der Waals surface area contributed by atoms with Crippen LogP contribution in [0.5, 0.6) is 0 Å². The fourth-order valence-electron chi connectivity index (χ4n) is 2.70. The van der Waals surface area contributed by atoms with Gasteiger partial charge in [-0.15, -0.1) is 0 Å². The maximum atomic E-state index is 11.3. The molecule has 0 bridgehead atoms. The Kier molecular flexibility index (Phi) is 6.65. The Labute approximate surface area is 190 Å². The molecule has 2 aromatic carbocycles. The van der Waals surface area contributed by atoms with Gasteiger partial charge in [-0.3, -0.25) is 4.79 Å². The van der Waals surface area contributed by atoms with Crippen molar-refractivity contribution >= 4 is 75.6 Å². The van der Waals surface area contributed by atoms with Gasteiger partial charge in [-0.1, -0.05) is 75.7 Å². The number of carbonyl (C=O) groups is 1. The van der Waals surface area contributed by atoms with Gasteiger partial charge >= 0.3 is 5.97 Å². The molecule has 0 aliphatic rings. The van der Waals surface area contributed by atoms with Gasteiger partial charge in [0.1, 0.15) is 0 Å². The summed E-state index contributed by atoms with van der Waals surface area (Å²) in [6, 6.07) is 9.34. The maximum absolute atomic E-state index is 11.3. The van der Waals surface area contributed by atoms with E-state index in [1.165, 1.54) is 12.1 Å². The molecule has 0 saturated carbocycles. The Morgan fingerprint density at radius 2 is 1.25 bits per heavy atom. The molecule has 0 atom stereocenters. The van der Waals surface area contributed by atoms with E-state index in [9.17, 15) is 9.90 Å². The lowest BCUT2D eigenvalue weighted by Gasteiger charge is -2.15. The molecular weight excluding hydrogens is 487 g/mol. The van der Waals surface area contributed by atoms with E-state index in [4.69, 9.17) is 69.6 Å². The molecule has 1 N–H and O–H groups in total. The lowest BCUT2D eigenvalue weighted by atomic mass is 10.0. The zero-order chi connectivity index (χ0) is 20.6. The predicted octanol–water partition coefficient (Wildman–Crippen LogP) is 7.96. The number of halogens is 6. The predicted molar refractivity (Wildman–Crippen MR) is 117 cm³/mol. The van der Waals surface area contributed by atoms with Gasteiger partial charge in [-0.05, 0) is 35.9 Å². The van der Waals surface area contributed by atoms with Gasteiger partial charge in [-0.25, -0.2) is 4.98 Å². The second-order valence-electron chi connectivity index (χ2n) is 5.76. The van der Waals surface area contributed by atoms with Crippen molar-refractivity contribution in [3.63, 3.8) is 0 Å². The molecule has 1 heterocycles. The van der Waals surface area contributed by atoms with Crippen molar-refractivity contribution in [1.29, 1.82) is 0 Å². The molecule has 0 aliphatic heterocycles. The summed E-state index contributed by atoms with van der Waals surface area (Å²) in [7, 11) is 0. The van der Waals surface area contributed by atoms with Gasteiger partial charge in [0.05, 0.1) is 37.9 Å². The normalized spacial score (nSPS) is 10.9. The number of pyridine rings is 1. The first-order valence-corrected chi connectivity index (χ1v) is 9.95. The molecule has 28 heavy (non-hydrogen) atoms. The number of hydrogen-bond donors (Lipinski definition) is 1. The third kappa shape index (κ3) is 4.51. The quantitative estimate of drug-likeness (QED) is 0.399. The molecule has 144 valence electrons. The number of aliphatic carboxylic acids is 1. The molecule has 0 spiro atoms. The van der Waals surface area contributed by atoms with Crippen LogP contribution in [-0.2, 0) is 11.2 Å². The van der Waals surface area contributed by atoms with Gasteiger partial charge in [-0.2, -0.15) is 0 Å². The molecule has 0 aliphatic carbocycles. The van der Waals surface area contributed by atoms with Crippen molar-refractivity contribution in [3.05, 3.63) is 72.1 Å². The second kappa shape index (κ2) is 8.66. The standard InChI is InChI=1S/C19H9Cl6NO2/c20-9-4-11(22)17(12(23)5-9)15-2-1-8(3-16(27)28)19(26-15)18-13(24)6-10(21)7-14(18)25/h1-2,4-7H,3H2,(H,27,28). The summed E-state index contributed by atoms with van der Waals surface area (Å²) in [5.41, 5.74) is 1.96. The molecule has 3 aromatic rings. The van der Waals surface area contributed by atoms with E-state index in [0.717, 1.165) is 0 Å². The maximum Gasteiger partial charge on any atom is 0.307 e. The van der Waals surface area contributed by atoms with Crippen molar-refractivity contribution < 1.29 is 9.90 Å². The molecule has 3 rings (SSSR count).